The molecule has 3 aliphatic heterocycles. The Balaban J connectivity index is 1.51. The summed E-state index contributed by atoms with van der Waals surface area (Å²) in [5.41, 5.74) is 12.7. The number of amides is 1. The maximum atomic E-state index is 14.6. The van der Waals surface area contributed by atoms with Crippen LogP contribution in [0.15, 0.2) is 86.7 Å². The van der Waals surface area contributed by atoms with Crippen LogP contribution in [0.25, 0.3) is 0 Å². The van der Waals surface area contributed by atoms with Crippen molar-refractivity contribution in [3.63, 3.8) is 0 Å². The van der Waals surface area contributed by atoms with Gasteiger partial charge in [0.2, 0.25) is 21.8 Å². The molecule has 0 radical (unpaired) electrons. The van der Waals surface area contributed by atoms with Crippen LogP contribution in [0.3, 0.4) is 0 Å². The molecule has 1 aliphatic carbocycles. The van der Waals surface area contributed by atoms with Crippen LogP contribution in [0.2, 0.25) is 0 Å². The number of aliphatic hydroxyl groups excluding tert-OH is 2. The molecule has 3 fully saturated rings. The Morgan fingerprint density at radius 3 is 2.25 bits per heavy atom. The number of nitrogens with two attached hydrogens (primary N) is 2. The molecule has 15 atom stereocenters. The number of ether oxygens (including phenoxy) is 4. The molecule has 3 heterocycles. The Kier molecular flexibility index (Phi) is 25.6. The predicted molar refractivity (Wildman–Crippen MR) is 316 cm³/mol. The number of methoxy groups -OCH3 is 2. The fourth-order valence-corrected chi connectivity index (χ4v) is 12.9. The second-order valence-electron chi connectivity index (χ2n) is 23.7. The number of nitrogens with zero attached hydrogens (tertiary/aromatic N) is 4. The number of aliphatic hydroxyl groups is 3. The van der Waals surface area contributed by atoms with E-state index in [1.54, 1.807) is 97.2 Å². The molecular weight excluding hydrogens is 1090 g/mol. The van der Waals surface area contributed by atoms with E-state index in [0.29, 0.717) is 68.1 Å². The Hall–Kier alpha value is -5.46. The number of nitrogens with one attached hydrogen (secondary N) is 1. The van der Waals surface area contributed by atoms with Crippen LogP contribution in [-0.4, -0.2) is 164 Å². The minimum absolute atomic E-state index is 0.00783. The van der Waals surface area contributed by atoms with Gasteiger partial charge < -0.3 is 55.5 Å². The van der Waals surface area contributed by atoms with E-state index in [4.69, 9.17) is 30.4 Å². The molecule has 2 saturated heterocycles. The molecule has 1 aromatic carbocycles. The second-order valence-corrected chi connectivity index (χ2v) is 25.4. The molecule has 1 saturated carbocycles. The van der Waals surface area contributed by atoms with Crippen LogP contribution in [0.5, 0.6) is 0 Å². The number of guanidine groups is 2. The van der Waals surface area contributed by atoms with E-state index in [1.807, 2.05) is 26.0 Å². The number of esters is 1. The highest BCUT2D eigenvalue weighted by molar-refractivity contribution is 7.89. The van der Waals surface area contributed by atoms with Gasteiger partial charge in [-0.1, -0.05) is 88.8 Å². The van der Waals surface area contributed by atoms with E-state index in [9.17, 15) is 47.7 Å². The Labute approximate surface area is 491 Å². The van der Waals surface area contributed by atoms with Crippen LogP contribution in [0, 0.1) is 35.5 Å². The SMILES string of the molecule is CO[C@@H]1C[C@@H](CC(C)[C@@H]2CC(=O)[C@H](C)/C=C(\C)[C@@H](O)[C@@H](OC)C(=O)[C@H](C)C[C@H](C)/C=C/C=C/C=C(/C)C(NS(=O)(=O)c3ccc(CN=C(N=C(N)N)N(C)C)cc3)C[C@@H]3CC[C@@H](C)[C@@](O)(O3)C(=O)C(=O)N3CCCC[C@H]3C(=O)O2)CC[C@H]1O. The fraction of sp³-hybridized carbons (Fsp3) is 0.656. The molecule has 1 aromatic rings. The lowest BCUT2D eigenvalue weighted by atomic mass is 9.78. The lowest BCUT2D eigenvalue weighted by Gasteiger charge is -2.43. The van der Waals surface area contributed by atoms with Crippen LogP contribution in [-0.2, 0) is 59.5 Å². The van der Waals surface area contributed by atoms with Crippen molar-refractivity contribution in [1.29, 1.82) is 0 Å². The Bertz CT molecular complexity index is 2710. The molecule has 4 aliphatic rings. The number of fused-ring (bicyclic) bond motifs is 3. The number of hydrogen-bond acceptors (Lipinski definition) is 15. The number of carbonyl (C=O) groups excluding carboxylic acids is 5. The predicted octanol–water partition coefficient (Wildman–Crippen LogP) is 5.20. The minimum atomic E-state index is -4.25. The van der Waals surface area contributed by atoms with Crippen molar-refractivity contribution in [2.75, 3.05) is 34.9 Å². The highest BCUT2D eigenvalue weighted by Crippen LogP contribution is 2.38. The number of cyclic esters (lactones) is 1. The van der Waals surface area contributed by atoms with Crippen molar-refractivity contribution in [3.8, 4) is 0 Å². The summed E-state index contributed by atoms with van der Waals surface area (Å²) in [6.45, 7) is 12.3. The standard InChI is InChI=1S/C61H93N7O14S/c1-36-17-13-12-14-18-37(2)47(66-83(77,78)46-25-21-43(22-26-46)35-64-60(67(8)9)65-59(62)63)33-45-24-20-42(7)61(76,82-45)56(73)57(74)68-28-16-15-19-48(68)58(75)81-51(39(4)31-44-23-27-49(69)52(32-44)79-10)34-50(70)38(3)30-41(6)54(72)55(80-11)53(71)40(5)29-36/h12-14,17-18,21-22,25-26,30,36,38-40,42,44-45,47-49,51-52,54-55,66,69,72,76H,15-16,19-20,23-24,27-29,31-35H2,1-11H3,(H4,62,63,64,65)/b14-12+,17-13+,37-18-,41-30+/t36-,38-,39?,40-,42-,44-,45+,47?,48+,49-,51+,52-,54-,55+,61-/m1/s1. The Morgan fingerprint density at radius 2 is 1.60 bits per heavy atom. The average molecular weight is 1180 g/mol. The number of aliphatic imine (C=N–C) groups is 2. The average Bonchev–Trinajstić information content (AvgIpc) is 3.58. The molecule has 2 bridgehead atoms. The number of rotatable bonds is 10. The van der Waals surface area contributed by atoms with Gasteiger partial charge in [-0.25, -0.2) is 22.9 Å². The molecular formula is C61H93N7O14S. The molecule has 8 N–H and O–H groups in total. The van der Waals surface area contributed by atoms with E-state index in [-0.39, 0.29) is 85.1 Å². The number of ketones is 3. The normalized spacial score (nSPS) is 34.5. The number of benzene rings is 1. The Morgan fingerprint density at radius 1 is 0.904 bits per heavy atom. The van der Waals surface area contributed by atoms with Crippen LogP contribution in [0.4, 0.5) is 0 Å². The molecule has 0 spiro atoms. The number of piperidine rings is 1. The smallest absolute Gasteiger partial charge is 0.329 e. The van der Waals surface area contributed by atoms with Crippen molar-refractivity contribution < 1.29 is 66.7 Å². The van der Waals surface area contributed by atoms with E-state index in [0.717, 1.165) is 4.90 Å². The quantitative estimate of drug-likeness (QED) is 0.0576. The zero-order chi connectivity index (χ0) is 61.5. The van der Waals surface area contributed by atoms with E-state index < -0.39 is 99.7 Å². The summed E-state index contributed by atoms with van der Waals surface area (Å²) in [6, 6.07) is 3.91. The first-order valence-electron chi connectivity index (χ1n) is 29.2. The van der Waals surface area contributed by atoms with Gasteiger partial charge in [0, 0.05) is 65.1 Å². The summed E-state index contributed by atoms with van der Waals surface area (Å²) in [7, 11) is 2.09. The topological polar surface area (TPSA) is 312 Å². The summed E-state index contributed by atoms with van der Waals surface area (Å²) in [5, 5.41) is 34.4. The number of Topliss-reactive ketones (excluding diaryl/α,β-unsaturated/α-hetero) is 3. The van der Waals surface area contributed by atoms with E-state index in [2.05, 4.69) is 14.7 Å². The first-order valence-corrected chi connectivity index (χ1v) is 30.7. The third-order valence-corrected chi connectivity index (χ3v) is 18.3. The zero-order valence-corrected chi connectivity index (χ0v) is 51.3. The molecule has 1 amide bonds. The molecule has 21 nitrogen and oxygen atoms in total. The van der Waals surface area contributed by atoms with Gasteiger partial charge in [0.15, 0.2) is 11.7 Å². The van der Waals surface area contributed by atoms with Crippen molar-refractivity contribution in [2.45, 2.75) is 191 Å². The lowest BCUT2D eigenvalue weighted by molar-refractivity contribution is -0.264. The van der Waals surface area contributed by atoms with E-state index >= 15 is 0 Å². The minimum Gasteiger partial charge on any atom is -0.460 e. The summed E-state index contributed by atoms with van der Waals surface area (Å²) >= 11 is 0. The highest BCUT2D eigenvalue weighted by Gasteiger charge is 2.53. The summed E-state index contributed by atoms with van der Waals surface area (Å²) in [6.07, 6.45) is 8.95. The van der Waals surface area contributed by atoms with Gasteiger partial charge in [0.25, 0.3) is 11.7 Å². The van der Waals surface area contributed by atoms with Gasteiger partial charge in [-0.3, -0.25) is 19.2 Å². The summed E-state index contributed by atoms with van der Waals surface area (Å²) in [4.78, 5) is 83.2. The van der Waals surface area contributed by atoms with Crippen molar-refractivity contribution in [1.82, 2.24) is 14.5 Å². The van der Waals surface area contributed by atoms with Crippen molar-refractivity contribution >= 4 is 51.2 Å². The third kappa shape index (κ3) is 18.8. The molecule has 0 aromatic heterocycles. The van der Waals surface area contributed by atoms with Crippen molar-refractivity contribution in [3.05, 3.63) is 77.4 Å². The molecule has 22 heteroatoms. The van der Waals surface area contributed by atoms with Gasteiger partial charge in [0.1, 0.15) is 30.1 Å². The number of hydrogen-bond donors (Lipinski definition) is 6. The van der Waals surface area contributed by atoms with Crippen LogP contribution < -0.4 is 16.2 Å². The number of carbonyl (C=O) groups is 5. The van der Waals surface area contributed by atoms with Gasteiger partial charge in [-0.05, 0) is 125 Å². The van der Waals surface area contributed by atoms with Gasteiger partial charge >= 0.3 is 5.97 Å². The summed E-state index contributed by atoms with van der Waals surface area (Å²) in [5.74, 6) is -9.08. The first-order chi connectivity index (χ1) is 39.1. The lowest BCUT2D eigenvalue weighted by Crippen LogP contribution is -2.61. The molecule has 5 rings (SSSR count). The highest BCUT2D eigenvalue weighted by atomic mass is 32.2. The molecule has 2 unspecified atom stereocenters. The van der Waals surface area contributed by atoms with Gasteiger partial charge in [-0.2, -0.15) is 4.99 Å². The van der Waals surface area contributed by atoms with Crippen LogP contribution >= 0.6 is 0 Å². The van der Waals surface area contributed by atoms with Gasteiger partial charge in [0.05, 0.1) is 29.8 Å². The second kappa shape index (κ2) is 31.1. The number of sulfonamides is 1. The monoisotopic (exact) mass is 1180 g/mol. The van der Waals surface area contributed by atoms with Crippen LogP contribution in [0.1, 0.15) is 131 Å². The van der Waals surface area contributed by atoms with Gasteiger partial charge in [-0.15, -0.1) is 0 Å². The maximum Gasteiger partial charge on any atom is 0.329 e. The third-order valence-electron chi connectivity index (χ3n) is 16.8. The maximum absolute atomic E-state index is 14.6. The summed E-state index contributed by atoms with van der Waals surface area (Å²) < 4.78 is 55.1. The number of allylic oxidation sites excluding steroid dienone is 6. The largest absolute Gasteiger partial charge is 0.460 e. The molecule has 462 valence electrons. The molecule has 83 heavy (non-hydrogen) atoms. The zero-order valence-electron chi connectivity index (χ0n) is 50.4. The first kappa shape index (κ1) is 68.3. The fourth-order valence-electron chi connectivity index (χ4n) is 11.6. The van der Waals surface area contributed by atoms with E-state index in [1.165, 1.54) is 19.2 Å². The van der Waals surface area contributed by atoms with Crippen molar-refractivity contribution in [2.24, 2.45) is 57.0 Å².